The second-order valence-electron chi connectivity index (χ2n) is 8.63. The van der Waals surface area contributed by atoms with Crippen molar-refractivity contribution in [1.29, 1.82) is 0 Å². The average Bonchev–Trinajstić information content (AvgIpc) is 2.68. The van der Waals surface area contributed by atoms with Crippen LogP contribution < -0.4 is 4.74 Å². The molecule has 1 fully saturated rings. The van der Waals surface area contributed by atoms with Gasteiger partial charge in [-0.15, -0.1) is 0 Å². The Morgan fingerprint density at radius 1 is 1.16 bits per heavy atom. The van der Waals surface area contributed by atoms with Gasteiger partial charge in [0, 0.05) is 31.6 Å². The predicted molar refractivity (Wildman–Crippen MR) is 118 cm³/mol. The maximum absolute atomic E-state index is 12.6. The summed E-state index contributed by atoms with van der Waals surface area (Å²) in [4.78, 5) is 2.17. The molecule has 0 bridgehead atoms. The molecule has 2 aromatic carbocycles. The van der Waals surface area contributed by atoms with Crippen molar-refractivity contribution in [3.8, 4) is 11.5 Å². The number of hydrogen-bond acceptors (Lipinski definition) is 5. The van der Waals surface area contributed by atoms with Crippen LogP contribution in [0.4, 0.5) is 4.39 Å². The number of hydrogen-bond donors (Lipinski definition) is 1. The summed E-state index contributed by atoms with van der Waals surface area (Å²) in [6.45, 7) is 4.49. The molecule has 2 aromatic rings. The Morgan fingerprint density at radius 3 is 2.52 bits per heavy atom. The van der Waals surface area contributed by atoms with E-state index < -0.39 is 16.1 Å². The molecule has 0 radical (unpaired) electrons. The van der Waals surface area contributed by atoms with Gasteiger partial charge < -0.3 is 9.84 Å². The van der Waals surface area contributed by atoms with Gasteiger partial charge >= 0.3 is 0 Å². The largest absolute Gasteiger partial charge is 0.508 e. The zero-order valence-corrected chi connectivity index (χ0v) is 18.7. The third-order valence-electron chi connectivity index (χ3n) is 6.13. The molecule has 2 heterocycles. The molecule has 4 rings (SSSR count). The van der Waals surface area contributed by atoms with Crippen LogP contribution in [0.3, 0.4) is 0 Å². The van der Waals surface area contributed by atoms with E-state index in [0.29, 0.717) is 18.8 Å². The van der Waals surface area contributed by atoms with Gasteiger partial charge in [0.1, 0.15) is 18.1 Å². The topological polar surface area (TPSA) is 70.1 Å². The summed E-state index contributed by atoms with van der Waals surface area (Å²) >= 11 is 0. The lowest BCUT2D eigenvalue weighted by atomic mass is 9.87. The van der Waals surface area contributed by atoms with Crippen LogP contribution in [0.2, 0.25) is 0 Å². The highest BCUT2D eigenvalue weighted by Gasteiger charge is 2.38. The summed E-state index contributed by atoms with van der Waals surface area (Å²) in [6, 6.07) is 12.0. The smallest absolute Gasteiger partial charge is 0.212 e. The lowest BCUT2D eigenvalue weighted by Gasteiger charge is -2.40. The number of rotatable bonds is 7. The third kappa shape index (κ3) is 4.71. The van der Waals surface area contributed by atoms with Crippen LogP contribution >= 0.6 is 0 Å². The van der Waals surface area contributed by atoms with Crippen molar-refractivity contribution in [3.05, 3.63) is 59.2 Å². The third-order valence-corrected chi connectivity index (χ3v) is 7.47. The molecule has 168 valence electrons. The fraction of sp³-hybridized carbons (Fsp3) is 0.478. The van der Waals surface area contributed by atoms with Gasteiger partial charge in [-0.05, 0) is 54.3 Å². The molecule has 2 atom stereocenters. The fourth-order valence-corrected chi connectivity index (χ4v) is 6.02. The first-order valence-corrected chi connectivity index (χ1v) is 12.4. The van der Waals surface area contributed by atoms with E-state index >= 15 is 0 Å². The molecular weight excluding hydrogens is 419 g/mol. The van der Waals surface area contributed by atoms with Gasteiger partial charge in [0.05, 0.1) is 19.0 Å². The fourth-order valence-electron chi connectivity index (χ4n) is 4.68. The van der Waals surface area contributed by atoms with Crippen LogP contribution in [0, 0.1) is 5.92 Å². The summed E-state index contributed by atoms with van der Waals surface area (Å²) in [5, 5.41) is 9.90. The van der Waals surface area contributed by atoms with Crippen LogP contribution in [0.5, 0.6) is 11.5 Å². The van der Waals surface area contributed by atoms with Crippen LogP contribution in [-0.4, -0.2) is 67.9 Å². The second-order valence-corrected chi connectivity index (χ2v) is 10.5. The average molecular weight is 449 g/mol. The zero-order chi connectivity index (χ0) is 22.2. The standard InChI is InChI=1S/C23H29FN2O4S/c1-16-11-19-12-20(27)5-8-22(19)23(26(16)31(2,28)29)18-3-6-21(7-4-18)30-10-9-25-14-17(13-24)15-25/h3-8,12,16-17,23,27H,9-11,13-15H2,1-2H3/t16-,23-/m0/s1. The van der Waals surface area contributed by atoms with Crippen molar-refractivity contribution in [1.82, 2.24) is 9.21 Å². The van der Waals surface area contributed by atoms with Crippen molar-refractivity contribution in [2.75, 3.05) is 39.2 Å². The first-order valence-electron chi connectivity index (χ1n) is 10.6. The molecule has 6 nitrogen and oxygen atoms in total. The number of sulfonamides is 1. The van der Waals surface area contributed by atoms with Gasteiger partial charge in [0.2, 0.25) is 10.0 Å². The summed E-state index contributed by atoms with van der Waals surface area (Å²) in [5.41, 5.74) is 2.69. The molecule has 1 saturated heterocycles. The number of phenolic OH excluding ortho intramolecular Hbond substituents is 1. The quantitative estimate of drug-likeness (QED) is 0.705. The van der Waals surface area contributed by atoms with Crippen molar-refractivity contribution in [2.24, 2.45) is 5.92 Å². The molecule has 0 amide bonds. The summed E-state index contributed by atoms with van der Waals surface area (Å²) in [7, 11) is -3.45. The molecule has 0 aromatic heterocycles. The predicted octanol–water partition coefficient (Wildman–Crippen LogP) is 2.97. The van der Waals surface area contributed by atoms with E-state index in [1.165, 1.54) is 6.26 Å². The highest BCUT2D eigenvalue weighted by atomic mass is 32.2. The Bertz CT molecular complexity index is 1020. The van der Waals surface area contributed by atoms with E-state index in [9.17, 15) is 17.9 Å². The normalized spacial score (nSPS) is 22.7. The lowest BCUT2D eigenvalue weighted by Crippen LogP contribution is -2.49. The Morgan fingerprint density at radius 2 is 1.87 bits per heavy atom. The maximum atomic E-state index is 12.6. The van der Waals surface area contributed by atoms with Crippen molar-refractivity contribution in [3.63, 3.8) is 0 Å². The number of fused-ring (bicyclic) bond motifs is 1. The van der Waals surface area contributed by atoms with Gasteiger partial charge in [0.25, 0.3) is 0 Å². The molecule has 2 aliphatic rings. The van der Waals surface area contributed by atoms with Crippen LogP contribution in [0.15, 0.2) is 42.5 Å². The maximum Gasteiger partial charge on any atom is 0.212 e. The molecule has 0 aliphatic carbocycles. The summed E-state index contributed by atoms with van der Waals surface area (Å²) < 4.78 is 45.2. The van der Waals surface area contributed by atoms with E-state index in [2.05, 4.69) is 4.90 Å². The van der Waals surface area contributed by atoms with Crippen LogP contribution in [0.1, 0.15) is 29.7 Å². The summed E-state index contributed by atoms with van der Waals surface area (Å²) in [5.74, 6) is 1.06. The minimum absolute atomic E-state index is 0.166. The molecule has 31 heavy (non-hydrogen) atoms. The number of nitrogens with zero attached hydrogens (tertiary/aromatic N) is 2. The highest BCUT2D eigenvalue weighted by Crippen LogP contribution is 2.40. The lowest BCUT2D eigenvalue weighted by molar-refractivity contribution is 0.0668. The number of benzene rings is 2. The highest BCUT2D eigenvalue weighted by molar-refractivity contribution is 7.88. The molecule has 0 unspecified atom stereocenters. The first-order chi connectivity index (χ1) is 14.8. The Labute approximate surface area is 183 Å². The van der Waals surface area contributed by atoms with Gasteiger partial charge in [-0.2, -0.15) is 4.31 Å². The Hall–Kier alpha value is -2.16. The number of likely N-dealkylation sites (tertiary alicyclic amines) is 1. The van der Waals surface area contributed by atoms with Crippen molar-refractivity contribution in [2.45, 2.75) is 25.4 Å². The van der Waals surface area contributed by atoms with Crippen molar-refractivity contribution < 1.29 is 22.7 Å². The molecule has 0 spiro atoms. The molecule has 1 N–H and O–H groups in total. The number of phenols is 1. The second kappa shape index (κ2) is 8.76. The number of alkyl halides is 1. The van der Waals surface area contributed by atoms with Crippen LogP contribution in [-0.2, 0) is 16.4 Å². The van der Waals surface area contributed by atoms with Crippen LogP contribution in [0.25, 0.3) is 0 Å². The zero-order valence-electron chi connectivity index (χ0n) is 17.9. The van der Waals surface area contributed by atoms with Gasteiger partial charge in [-0.25, -0.2) is 8.42 Å². The Balaban J connectivity index is 1.52. The van der Waals surface area contributed by atoms with Gasteiger partial charge in [0.15, 0.2) is 0 Å². The SMILES string of the molecule is C[C@H]1Cc2cc(O)ccc2[C@H](c2ccc(OCCN3CC(CF)C3)cc2)N1S(C)(=O)=O. The summed E-state index contributed by atoms with van der Waals surface area (Å²) in [6.07, 6.45) is 1.79. The van der Waals surface area contributed by atoms with E-state index in [1.807, 2.05) is 37.3 Å². The molecular formula is C23H29FN2O4S. The van der Waals surface area contributed by atoms with Crippen molar-refractivity contribution >= 4 is 10.0 Å². The van der Waals surface area contributed by atoms with E-state index in [0.717, 1.165) is 36.3 Å². The Kier molecular flexibility index (Phi) is 6.23. The number of aromatic hydroxyl groups is 1. The van der Waals surface area contributed by atoms with E-state index in [4.69, 9.17) is 4.74 Å². The minimum Gasteiger partial charge on any atom is -0.508 e. The monoisotopic (exact) mass is 448 g/mol. The minimum atomic E-state index is -3.45. The molecule has 0 saturated carbocycles. The van der Waals surface area contributed by atoms with E-state index in [-0.39, 0.29) is 24.4 Å². The van der Waals surface area contributed by atoms with Gasteiger partial charge in [-0.1, -0.05) is 18.2 Å². The molecule has 2 aliphatic heterocycles. The number of halogens is 1. The van der Waals surface area contributed by atoms with Gasteiger partial charge in [-0.3, -0.25) is 9.29 Å². The first kappa shape index (κ1) is 22.0. The molecule has 8 heteroatoms. The van der Waals surface area contributed by atoms with E-state index in [1.54, 1.807) is 16.4 Å². The number of ether oxygens (including phenoxy) is 1.